The van der Waals surface area contributed by atoms with Crippen molar-refractivity contribution in [2.75, 3.05) is 18.0 Å². The van der Waals surface area contributed by atoms with E-state index in [2.05, 4.69) is 17.6 Å². The van der Waals surface area contributed by atoms with Gasteiger partial charge >= 0.3 is 6.09 Å². The van der Waals surface area contributed by atoms with Crippen molar-refractivity contribution in [2.24, 2.45) is 5.92 Å². The van der Waals surface area contributed by atoms with Gasteiger partial charge in [0.1, 0.15) is 5.00 Å². The molecule has 1 fully saturated rings. The predicted molar refractivity (Wildman–Crippen MR) is 125 cm³/mol. The number of benzene rings is 2. The number of carboxylic acid groups (broad SMARTS) is 1. The van der Waals surface area contributed by atoms with E-state index in [0.717, 1.165) is 51.8 Å². The van der Waals surface area contributed by atoms with E-state index in [-0.39, 0.29) is 0 Å². The Labute approximate surface area is 181 Å². The number of hydrogen-bond donors (Lipinski definition) is 3. The average molecular weight is 424 g/mol. The molecule has 1 saturated heterocycles. The number of hydrogen-bond acceptors (Lipinski definition) is 4. The van der Waals surface area contributed by atoms with E-state index < -0.39 is 6.09 Å². The molecular weight excluding hydrogens is 394 g/mol. The molecule has 0 spiro atoms. The van der Waals surface area contributed by atoms with E-state index in [1.54, 1.807) is 0 Å². The van der Waals surface area contributed by atoms with Crippen LogP contribution in [0.1, 0.15) is 31.7 Å². The van der Waals surface area contributed by atoms with E-state index in [9.17, 15) is 9.90 Å². The summed E-state index contributed by atoms with van der Waals surface area (Å²) in [5.41, 5.74) is 1.72. The first-order valence-electron chi connectivity index (χ1n) is 10.7. The first-order chi connectivity index (χ1) is 14.6. The molecular formula is C24H29N3O2S. The Bertz CT molecular complexity index is 964. The molecule has 0 aliphatic carbocycles. The summed E-state index contributed by atoms with van der Waals surface area (Å²) in [4.78, 5) is 13.7. The van der Waals surface area contributed by atoms with E-state index in [1.807, 2.05) is 54.6 Å². The van der Waals surface area contributed by atoms with Gasteiger partial charge in [0.15, 0.2) is 0 Å². The standard InChI is InChI=1S/C24H29N3O2S/c1-17(14-18-10-12-25-13-11-18)26-16-20-7-2-4-8-21(20)27(24(28)29)23-15-19-6-3-5-9-22(19)30-23/h2-9,15,17-18,25-26H,10-14,16H2,1H3,(H,28,29). The van der Waals surface area contributed by atoms with E-state index in [0.29, 0.717) is 12.6 Å². The predicted octanol–water partition coefficient (Wildman–Crippen LogP) is 5.59. The van der Waals surface area contributed by atoms with Gasteiger partial charge in [-0.2, -0.15) is 0 Å². The largest absolute Gasteiger partial charge is 0.464 e. The van der Waals surface area contributed by atoms with Crippen molar-refractivity contribution in [2.45, 2.75) is 38.8 Å². The van der Waals surface area contributed by atoms with Crippen molar-refractivity contribution in [3.8, 4) is 0 Å². The van der Waals surface area contributed by atoms with Crippen molar-refractivity contribution in [1.29, 1.82) is 0 Å². The Hall–Kier alpha value is -2.41. The molecule has 0 saturated carbocycles. The summed E-state index contributed by atoms with van der Waals surface area (Å²) in [6.07, 6.45) is 2.67. The smallest absolute Gasteiger partial charge is 0.417 e. The minimum Gasteiger partial charge on any atom is -0.464 e. The Morgan fingerprint density at radius 1 is 1.20 bits per heavy atom. The number of anilines is 2. The van der Waals surface area contributed by atoms with Gasteiger partial charge in [0, 0.05) is 17.3 Å². The molecule has 0 bridgehead atoms. The summed E-state index contributed by atoms with van der Waals surface area (Å²) >= 11 is 1.50. The number of fused-ring (bicyclic) bond motifs is 1. The molecule has 0 radical (unpaired) electrons. The van der Waals surface area contributed by atoms with Gasteiger partial charge < -0.3 is 15.7 Å². The lowest BCUT2D eigenvalue weighted by atomic mass is 9.91. The lowest BCUT2D eigenvalue weighted by Crippen LogP contribution is -2.33. The number of amides is 1. The second-order valence-electron chi connectivity index (χ2n) is 8.08. The maximum atomic E-state index is 12.2. The van der Waals surface area contributed by atoms with E-state index in [1.165, 1.54) is 29.1 Å². The maximum absolute atomic E-state index is 12.2. The third-order valence-corrected chi connectivity index (χ3v) is 6.94. The molecule has 1 aromatic heterocycles. The second kappa shape index (κ2) is 9.60. The fourth-order valence-electron chi connectivity index (χ4n) is 4.26. The van der Waals surface area contributed by atoms with Crippen molar-refractivity contribution in [3.63, 3.8) is 0 Å². The van der Waals surface area contributed by atoms with Gasteiger partial charge in [-0.1, -0.05) is 36.4 Å². The molecule has 1 atom stereocenters. The topological polar surface area (TPSA) is 64.6 Å². The summed E-state index contributed by atoms with van der Waals surface area (Å²) in [6, 6.07) is 18.1. The molecule has 2 heterocycles. The molecule has 30 heavy (non-hydrogen) atoms. The normalized spacial score (nSPS) is 15.9. The van der Waals surface area contributed by atoms with Crippen LogP contribution in [0.15, 0.2) is 54.6 Å². The summed E-state index contributed by atoms with van der Waals surface area (Å²) in [5.74, 6) is 0.762. The Morgan fingerprint density at radius 2 is 1.93 bits per heavy atom. The SMILES string of the molecule is CC(CC1CCNCC1)NCc1ccccc1N(C(=O)O)c1cc2ccccc2s1. The van der Waals surface area contributed by atoms with Crippen molar-refractivity contribution < 1.29 is 9.90 Å². The molecule has 3 aromatic rings. The third-order valence-electron chi connectivity index (χ3n) is 5.84. The van der Waals surface area contributed by atoms with Crippen molar-refractivity contribution in [3.05, 3.63) is 60.2 Å². The monoisotopic (exact) mass is 423 g/mol. The lowest BCUT2D eigenvalue weighted by Gasteiger charge is -2.26. The number of nitrogens with zero attached hydrogens (tertiary/aromatic N) is 1. The van der Waals surface area contributed by atoms with Crippen LogP contribution in [0.3, 0.4) is 0 Å². The highest BCUT2D eigenvalue weighted by atomic mass is 32.1. The van der Waals surface area contributed by atoms with Crippen LogP contribution in [0.25, 0.3) is 10.1 Å². The number of rotatable bonds is 7. The van der Waals surface area contributed by atoms with Crippen LogP contribution in [0.2, 0.25) is 0 Å². The quantitative estimate of drug-likeness (QED) is 0.464. The third kappa shape index (κ3) is 4.83. The molecule has 2 aromatic carbocycles. The highest BCUT2D eigenvalue weighted by molar-refractivity contribution is 7.23. The number of carbonyl (C=O) groups is 1. The number of nitrogens with one attached hydrogen (secondary N) is 2. The highest BCUT2D eigenvalue weighted by Gasteiger charge is 2.22. The molecule has 158 valence electrons. The molecule has 3 N–H and O–H groups in total. The first-order valence-corrected chi connectivity index (χ1v) is 11.5. The zero-order valence-corrected chi connectivity index (χ0v) is 18.1. The molecule has 1 aliphatic rings. The summed E-state index contributed by atoms with van der Waals surface area (Å²) in [5, 5.41) is 18.9. The second-order valence-corrected chi connectivity index (χ2v) is 9.14. The minimum absolute atomic E-state index is 0.392. The van der Waals surface area contributed by atoms with Crippen LogP contribution < -0.4 is 15.5 Å². The fourth-order valence-corrected chi connectivity index (χ4v) is 5.33. The summed E-state index contributed by atoms with van der Waals surface area (Å²) < 4.78 is 1.09. The Morgan fingerprint density at radius 3 is 2.70 bits per heavy atom. The van der Waals surface area contributed by atoms with E-state index in [4.69, 9.17) is 0 Å². The van der Waals surface area contributed by atoms with Crippen LogP contribution in [0, 0.1) is 5.92 Å². The van der Waals surface area contributed by atoms with Crippen molar-refractivity contribution in [1.82, 2.24) is 10.6 Å². The van der Waals surface area contributed by atoms with Gasteiger partial charge in [-0.25, -0.2) is 9.69 Å². The highest BCUT2D eigenvalue weighted by Crippen LogP contribution is 2.37. The van der Waals surface area contributed by atoms with Gasteiger partial charge in [-0.3, -0.25) is 0 Å². The number of thiophene rings is 1. The van der Waals surface area contributed by atoms with Crippen LogP contribution in [-0.2, 0) is 6.54 Å². The lowest BCUT2D eigenvalue weighted by molar-refractivity contribution is 0.205. The summed E-state index contributed by atoms with van der Waals surface area (Å²) in [7, 11) is 0. The van der Waals surface area contributed by atoms with Gasteiger partial charge in [0.05, 0.1) is 5.69 Å². The van der Waals surface area contributed by atoms with Gasteiger partial charge in [-0.15, -0.1) is 11.3 Å². The van der Waals surface area contributed by atoms with Gasteiger partial charge in [-0.05, 0) is 74.3 Å². The van der Waals surface area contributed by atoms with Crippen LogP contribution in [0.4, 0.5) is 15.5 Å². The molecule has 4 rings (SSSR count). The van der Waals surface area contributed by atoms with Crippen molar-refractivity contribution >= 4 is 38.2 Å². The minimum atomic E-state index is -0.961. The average Bonchev–Trinajstić information content (AvgIpc) is 3.17. The Balaban J connectivity index is 1.52. The zero-order chi connectivity index (χ0) is 20.9. The van der Waals surface area contributed by atoms with Crippen LogP contribution in [0.5, 0.6) is 0 Å². The zero-order valence-electron chi connectivity index (χ0n) is 17.3. The maximum Gasteiger partial charge on any atom is 0.417 e. The molecule has 1 aliphatic heterocycles. The number of piperidine rings is 1. The molecule has 6 heteroatoms. The van der Waals surface area contributed by atoms with Crippen LogP contribution in [-0.4, -0.2) is 30.3 Å². The fraction of sp³-hybridized carbons (Fsp3) is 0.375. The molecule has 1 unspecified atom stereocenters. The van der Waals surface area contributed by atoms with E-state index >= 15 is 0 Å². The first kappa shape index (κ1) is 20.8. The van der Waals surface area contributed by atoms with Gasteiger partial charge in [0.2, 0.25) is 0 Å². The Kier molecular flexibility index (Phi) is 6.67. The molecule has 5 nitrogen and oxygen atoms in total. The number of para-hydroxylation sites is 1. The summed E-state index contributed by atoms with van der Waals surface area (Å²) in [6.45, 7) is 5.11. The van der Waals surface area contributed by atoms with Gasteiger partial charge in [0.25, 0.3) is 0 Å². The molecule has 1 amide bonds. The van der Waals surface area contributed by atoms with Crippen LogP contribution >= 0.6 is 11.3 Å².